The number of nitrogens with one attached hydrogen (secondary N) is 1. The van der Waals surface area contributed by atoms with Crippen LogP contribution in [0.4, 0.5) is 0 Å². The van der Waals surface area contributed by atoms with Crippen molar-refractivity contribution in [2.24, 2.45) is 0 Å². The van der Waals surface area contributed by atoms with Gasteiger partial charge in [-0.2, -0.15) is 4.98 Å². The maximum atomic E-state index is 11.8. The highest BCUT2D eigenvalue weighted by Crippen LogP contribution is 2.25. The molecule has 1 saturated heterocycles. The zero-order valence-corrected chi connectivity index (χ0v) is 13.5. The Kier molecular flexibility index (Phi) is 4.65. The Morgan fingerprint density at radius 2 is 2.22 bits per heavy atom. The van der Waals surface area contributed by atoms with E-state index in [4.69, 9.17) is 4.52 Å². The zero-order chi connectivity index (χ0) is 16.2. The van der Waals surface area contributed by atoms with Gasteiger partial charge in [-0.25, -0.2) is 4.98 Å². The lowest BCUT2D eigenvalue weighted by molar-refractivity contribution is -0.129. The fraction of sp³-hybridized carbons (Fsp3) is 0.500. The van der Waals surface area contributed by atoms with Crippen LogP contribution in [-0.2, 0) is 11.3 Å². The Morgan fingerprint density at radius 1 is 1.43 bits per heavy atom. The van der Waals surface area contributed by atoms with Crippen LogP contribution < -0.4 is 5.32 Å². The third-order valence-corrected chi connectivity index (χ3v) is 4.44. The van der Waals surface area contributed by atoms with Crippen LogP contribution in [-0.4, -0.2) is 44.9 Å². The van der Waals surface area contributed by atoms with Gasteiger partial charge in [0, 0.05) is 31.3 Å². The third-order valence-electron chi connectivity index (χ3n) is 3.85. The molecular weight excluding hydrogens is 318 g/mol. The largest absolute Gasteiger partial charge is 0.343 e. The van der Waals surface area contributed by atoms with Gasteiger partial charge in [0.1, 0.15) is 5.69 Å². The van der Waals surface area contributed by atoms with E-state index in [-0.39, 0.29) is 24.3 Å². The monoisotopic (exact) mass is 335 g/mol. The summed E-state index contributed by atoms with van der Waals surface area (Å²) in [5, 5.41) is 8.37. The van der Waals surface area contributed by atoms with Crippen LogP contribution in [0.2, 0.25) is 0 Å². The van der Waals surface area contributed by atoms with E-state index >= 15 is 0 Å². The zero-order valence-electron chi connectivity index (χ0n) is 12.7. The quantitative estimate of drug-likeness (QED) is 0.900. The van der Waals surface area contributed by atoms with Crippen molar-refractivity contribution in [3.63, 3.8) is 0 Å². The molecule has 1 fully saturated rings. The number of hydrogen-bond acceptors (Lipinski definition) is 7. The molecule has 122 valence electrons. The van der Waals surface area contributed by atoms with Crippen molar-refractivity contribution in [1.29, 1.82) is 0 Å². The smallest absolute Gasteiger partial charge is 0.271 e. The molecule has 1 N–H and O–H groups in total. The molecule has 1 aliphatic rings. The number of hydrogen-bond donors (Lipinski definition) is 1. The summed E-state index contributed by atoms with van der Waals surface area (Å²) in [4.78, 5) is 33.2. The van der Waals surface area contributed by atoms with Crippen LogP contribution in [0.5, 0.6) is 0 Å². The van der Waals surface area contributed by atoms with Gasteiger partial charge in [-0.15, -0.1) is 11.3 Å². The van der Waals surface area contributed by atoms with E-state index in [0.29, 0.717) is 30.5 Å². The maximum Gasteiger partial charge on any atom is 0.271 e. The molecule has 2 amide bonds. The van der Waals surface area contributed by atoms with E-state index in [1.165, 1.54) is 11.3 Å². The molecule has 0 bridgehead atoms. The summed E-state index contributed by atoms with van der Waals surface area (Å²) in [6.07, 6.45) is 1.65. The predicted octanol–water partition coefficient (Wildman–Crippen LogP) is 1.18. The molecule has 3 rings (SSSR count). The van der Waals surface area contributed by atoms with Crippen molar-refractivity contribution in [2.45, 2.75) is 32.2 Å². The van der Waals surface area contributed by atoms with Crippen LogP contribution in [0, 0.1) is 0 Å². The summed E-state index contributed by atoms with van der Waals surface area (Å²) in [5.74, 6) is 1.05. The lowest BCUT2D eigenvalue weighted by Crippen LogP contribution is -2.36. The van der Waals surface area contributed by atoms with E-state index in [2.05, 4.69) is 20.4 Å². The molecule has 9 heteroatoms. The highest BCUT2D eigenvalue weighted by Gasteiger charge is 2.25. The van der Waals surface area contributed by atoms with Gasteiger partial charge in [0.05, 0.1) is 12.1 Å². The number of likely N-dealkylation sites (tertiary alicyclic amines) is 1. The van der Waals surface area contributed by atoms with E-state index in [0.717, 1.165) is 12.8 Å². The number of aromatic nitrogens is 3. The van der Waals surface area contributed by atoms with Crippen LogP contribution >= 0.6 is 11.3 Å². The van der Waals surface area contributed by atoms with Crippen LogP contribution in [0.3, 0.4) is 0 Å². The third kappa shape index (κ3) is 3.73. The first kappa shape index (κ1) is 15.6. The van der Waals surface area contributed by atoms with Crippen molar-refractivity contribution >= 4 is 23.2 Å². The topological polar surface area (TPSA) is 101 Å². The molecule has 0 aliphatic carbocycles. The van der Waals surface area contributed by atoms with Gasteiger partial charge in [-0.1, -0.05) is 5.16 Å². The highest BCUT2D eigenvalue weighted by atomic mass is 32.1. The molecule has 0 aromatic carbocycles. The van der Waals surface area contributed by atoms with Gasteiger partial charge in [-0.3, -0.25) is 9.59 Å². The lowest BCUT2D eigenvalue weighted by Gasteiger charge is -2.29. The number of amides is 2. The SMILES string of the molecule is CC(=O)N1CCC(c2noc(CNC(=O)c3cscn3)n2)CC1. The van der Waals surface area contributed by atoms with Crippen LogP contribution in [0.1, 0.15) is 47.9 Å². The summed E-state index contributed by atoms with van der Waals surface area (Å²) < 4.78 is 5.19. The first-order chi connectivity index (χ1) is 11.1. The van der Waals surface area contributed by atoms with E-state index in [1.807, 2.05) is 4.90 Å². The van der Waals surface area contributed by atoms with Crippen LogP contribution in [0.15, 0.2) is 15.4 Å². The summed E-state index contributed by atoms with van der Waals surface area (Å²) >= 11 is 1.36. The number of carbonyl (C=O) groups excluding carboxylic acids is 2. The minimum Gasteiger partial charge on any atom is -0.343 e. The summed E-state index contributed by atoms with van der Waals surface area (Å²) in [5.41, 5.74) is 1.99. The summed E-state index contributed by atoms with van der Waals surface area (Å²) in [7, 11) is 0. The summed E-state index contributed by atoms with van der Waals surface area (Å²) in [6, 6.07) is 0. The first-order valence-corrected chi connectivity index (χ1v) is 8.32. The maximum absolute atomic E-state index is 11.8. The molecule has 0 saturated carbocycles. The van der Waals surface area contributed by atoms with Crippen molar-refractivity contribution in [2.75, 3.05) is 13.1 Å². The number of nitrogens with zero attached hydrogens (tertiary/aromatic N) is 4. The second-order valence-corrected chi connectivity index (χ2v) is 6.10. The highest BCUT2D eigenvalue weighted by molar-refractivity contribution is 7.07. The lowest BCUT2D eigenvalue weighted by atomic mass is 9.96. The fourth-order valence-electron chi connectivity index (χ4n) is 2.53. The van der Waals surface area contributed by atoms with Gasteiger partial charge < -0.3 is 14.7 Å². The Labute approximate surface area is 136 Å². The van der Waals surface area contributed by atoms with Gasteiger partial charge >= 0.3 is 0 Å². The molecule has 0 radical (unpaired) electrons. The summed E-state index contributed by atoms with van der Waals surface area (Å²) in [6.45, 7) is 3.18. The Hall–Kier alpha value is -2.29. The van der Waals surface area contributed by atoms with Gasteiger partial charge in [0.2, 0.25) is 11.8 Å². The number of piperidine rings is 1. The van der Waals surface area contributed by atoms with Crippen molar-refractivity contribution in [1.82, 2.24) is 25.3 Å². The van der Waals surface area contributed by atoms with Crippen molar-refractivity contribution < 1.29 is 14.1 Å². The molecule has 0 spiro atoms. The fourth-order valence-corrected chi connectivity index (χ4v) is 3.06. The minimum atomic E-state index is -0.263. The normalized spacial score (nSPS) is 15.6. The van der Waals surface area contributed by atoms with Gasteiger partial charge in [-0.05, 0) is 12.8 Å². The second kappa shape index (κ2) is 6.86. The molecule has 8 nitrogen and oxygen atoms in total. The van der Waals surface area contributed by atoms with E-state index < -0.39 is 0 Å². The van der Waals surface area contributed by atoms with Crippen molar-refractivity contribution in [3.05, 3.63) is 28.3 Å². The second-order valence-electron chi connectivity index (χ2n) is 5.38. The van der Waals surface area contributed by atoms with Crippen LogP contribution in [0.25, 0.3) is 0 Å². The van der Waals surface area contributed by atoms with E-state index in [9.17, 15) is 9.59 Å². The Bertz CT molecular complexity index is 676. The molecule has 23 heavy (non-hydrogen) atoms. The Morgan fingerprint density at radius 3 is 2.87 bits per heavy atom. The Balaban J connectivity index is 1.52. The average Bonchev–Trinajstić information content (AvgIpc) is 3.24. The molecule has 2 aromatic heterocycles. The number of thiazole rings is 1. The molecule has 0 atom stereocenters. The van der Waals surface area contributed by atoms with Gasteiger partial charge in [0.15, 0.2) is 5.82 Å². The first-order valence-electron chi connectivity index (χ1n) is 7.38. The molecule has 1 aliphatic heterocycles. The average molecular weight is 335 g/mol. The number of carbonyl (C=O) groups is 2. The molecule has 3 heterocycles. The standard InChI is InChI=1S/C14H17N5O3S/c1-9(20)19-4-2-10(3-5-19)13-17-12(22-18-13)6-15-14(21)11-7-23-8-16-11/h7-8,10H,2-6H2,1H3,(H,15,21). The molecule has 0 unspecified atom stereocenters. The molecule has 2 aromatic rings. The van der Waals surface area contributed by atoms with E-state index in [1.54, 1.807) is 17.8 Å². The minimum absolute atomic E-state index is 0.0991. The molecular formula is C14H17N5O3S. The number of rotatable bonds is 4. The van der Waals surface area contributed by atoms with Crippen molar-refractivity contribution in [3.8, 4) is 0 Å². The van der Waals surface area contributed by atoms with Gasteiger partial charge in [0.25, 0.3) is 5.91 Å². The predicted molar refractivity (Wildman–Crippen MR) is 81.8 cm³/mol.